The predicted octanol–water partition coefficient (Wildman–Crippen LogP) is 3.76. The van der Waals surface area contributed by atoms with Crippen molar-refractivity contribution in [1.29, 1.82) is 0 Å². The third kappa shape index (κ3) is 5.08. The molecule has 1 aliphatic heterocycles. The number of hydrogen-bond acceptors (Lipinski definition) is 3. The Hall–Kier alpha value is -0.940. The smallest absolute Gasteiger partial charge is 0.164 e. The summed E-state index contributed by atoms with van der Waals surface area (Å²) in [5, 5.41) is 0. The fourth-order valence-electron chi connectivity index (χ4n) is 2.40. The highest BCUT2D eigenvalue weighted by Gasteiger charge is 2.23. The van der Waals surface area contributed by atoms with Crippen molar-refractivity contribution in [3.05, 3.63) is 35.4 Å². The molecule has 0 amide bonds. The molecule has 2 nitrogen and oxygen atoms in total. The van der Waals surface area contributed by atoms with Crippen LogP contribution in [0.25, 0.3) is 0 Å². The second-order valence-corrected chi connectivity index (χ2v) is 7.83. The van der Waals surface area contributed by atoms with Crippen molar-refractivity contribution < 1.29 is 13.6 Å². The summed E-state index contributed by atoms with van der Waals surface area (Å²) in [4.78, 5) is 14.3. The number of rotatable bonds is 4. The van der Waals surface area contributed by atoms with Crippen molar-refractivity contribution in [3.63, 3.8) is 0 Å². The predicted molar refractivity (Wildman–Crippen MR) is 82.9 cm³/mol. The molecule has 1 saturated heterocycles. The molecule has 0 unspecified atom stereocenters. The largest absolute Gasteiger partial charge is 0.302 e. The fraction of sp³-hybridized carbons (Fsp3) is 0.562. The van der Waals surface area contributed by atoms with Crippen LogP contribution in [0.2, 0.25) is 0 Å². The summed E-state index contributed by atoms with van der Waals surface area (Å²) in [5.41, 5.74) is 0.122. The Morgan fingerprint density at radius 2 is 1.90 bits per heavy atom. The maximum atomic E-state index is 13.1. The van der Waals surface area contributed by atoms with E-state index < -0.39 is 11.6 Å². The summed E-state index contributed by atoms with van der Waals surface area (Å²) < 4.78 is 26.5. The normalized spacial score (nSPS) is 19.2. The lowest BCUT2D eigenvalue weighted by atomic mass is 10.1. The molecule has 1 aromatic carbocycles. The van der Waals surface area contributed by atoms with Crippen LogP contribution < -0.4 is 0 Å². The summed E-state index contributed by atoms with van der Waals surface area (Å²) in [6.45, 7) is 7.04. The lowest BCUT2D eigenvalue weighted by Gasteiger charge is -2.22. The number of ketones is 1. The summed E-state index contributed by atoms with van der Waals surface area (Å²) >= 11 is 1.95. The molecule has 0 aromatic heterocycles. The number of nitrogens with zero attached hydrogens (tertiary/aromatic N) is 1. The summed E-state index contributed by atoms with van der Waals surface area (Å²) in [6.07, 6.45) is 1.38. The first-order valence-electron chi connectivity index (χ1n) is 7.21. The first kappa shape index (κ1) is 16.4. The van der Waals surface area contributed by atoms with Crippen molar-refractivity contribution in [2.45, 2.75) is 31.4 Å². The molecule has 0 N–H and O–H groups in total. The van der Waals surface area contributed by atoms with E-state index in [0.717, 1.165) is 43.5 Å². The lowest BCUT2D eigenvalue weighted by Crippen LogP contribution is -2.29. The standard InChI is InChI=1S/C16H21F2NOS/c1-16(2)4-6-19(7-8-21-16)5-3-15(20)12-9-13(17)11-14(18)10-12/h9-11H,3-8H2,1-2H3. The van der Waals surface area contributed by atoms with Crippen molar-refractivity contribution in [3.8, 4) is 0 Å². The second kappa shape index (κ2) is 6.88. The van der Waals surface area contributed by atoms with Crippen LogP contribution in [0.5, 0.6) is 0 Å². The topological polar surface area (TPSA) is 20.3 Å². The van der Waals surface area contributed by atoms with Gasteiger partial charge in [0.05, 0.1) is 0 Å². The SMILES string of the molecule is CC1(C)CCN(CCC(=O)c2cc(F)cc(F)c2)CCS1. The van der Waals surface area contributed by atoms with Crippen molar-refractivity contribution >= 4 is 17.5 Å². The van der Waals surface area contributed by atoms with E-state index in [-0.39, 0.29) is 16.1 Å². The number of halogens is 2. The number of hydrogen-bond donors (Lipinski definition) is 0. The van der Waals surface area contributed by atoms with E-state index in [1.807, 2.05) is 11.8 Å². The van der Waals surface area contributed by atoms with Gasteiger partial charge in [0.1, 0.15) is 11.6 Å². The maximum absolute atomic E-state index is 13.1. The van der Waals surface area contributed by atoms with Gasteiger partial charge in [-0.3, -0.25) is 4.79 Å². The monoisotopic (exact) mass is 313 g/mol. The third-order valence-electron chi connectivity index (χ3n) is 3.77. The number of benzene rings is 1. The van der Waals surface area contributed by atoms with Crippen molar-refractivity contribution in [1.82, 2.24) is 4.90 Å². The quantitative estimate of drug-likeness (QED) is 0.790. The molecule has 21 heavy (non-hydrogen) atoms. The number of thioether (sulfide) groups is 1. The zero-order valence-electron chi connectivity index (χ0n) is 12.5. The highest BCUT2D eigenvalue weighted by atomic mass is 32.2. The van der Waals surface area contributed by atoms with Crippen LogP contribution >= 0.6 is 11.8 Å². The second-order valence-electron chi connectivity index (χ2n) is 6.03. The van der Waals surface area contributed by atoms with E-state index in [0.29, 0.717) is 13.0 Å². The Labute approximate surface area is 128 Å². The van der Waals surface area contributed by atoms with E-state index in [1.54, 1.807) is 0 Å². The molecule has 0 aliphatic carbocycles. The van der Waals surface area contributed by atoms with Crippen LogP contribution in [0.4, 0.5) is 8.78 Å². The van der Waals surface area contributed by atoms with Gasteiger partial charge in [-0.15, -0.1) is 0 Å². The fourth-order valence-corrected chi connectivity index (χ4v) is 3.54. The Balaban J connectivity index is 1.89. The molecule has 1 aromatic rings. The molecule has 0 saturated carbocycles. The van der Waals surface area contributed by atoms with Crippen LogP contribution in [-0.4, -0.2) is 40.8 Å². The molecule has 0 bridgehead atoms. The van der Waals surface area contributed by atoms with Gasteiger partial charge in [-0.1, -0.05) is 13.8 Å². The van der Waals surface area contributed by atoms with Crippen LogP contribution in [0, 0.1) is 11.6 Å². The van der Waals surface area contributed by atoms with Gasteiger partial charge in [-0.25, -0.2) is 8.78 Å². The van der Waals surface area contributed by atoms with Crippen molar-refractivity contribution in [2.24, 2.45) is 0 Å². The minimum absolute atomic E-state index is 0.122. The lowest BCUT2D eigenvalue weighted by molar-refractivity contribution is 0.0964. The molecule has 0 spiro atoms. The number of carbonyl (C=O) groups excluding carboxylic acids is 1. The zero-order chi connectivity index (χ0) is 15.5. The molecule has 0 radical (unpaired) electrons. The number of carbonyl (C=O) groups is 1. The molecule has 0 atom stereocenters. The molecular weight excluding hydrogens is 292 g/mol. The van der Waals surface area contributed by atoms with Crippen LogP contribution in [0.1, 0.15) is 37.0 Å². The Kier molecular flexibility index (Phi) is 5.38. The first-order valence-corrected chi connectivity index (χ1v) is 8.20. The zero-order valence-corrected chi connectivity index (χ0v) is 13.3. The summed E-state index contributed by atoms with van der Waals surface area (Å²) in [7, 11) is 0. The Bertz CT molecular complexity index is 499. The molecule has 5 heteroatoms. The van der Waals surface area contributed by atoms with Gasteiger partial charge in [0.25, 0.3) is 0 Å². The minimum Gasteiger partial charge on any atom is -0.302 e. The van der Waals surface area contributed by atoms with Gasteiger partial charge in [-0.05, 0) is 25.1 Å². The Morgan fingerprint density at radius 3 is 2.57 bits per heavy atom. The molecule has 116 valence electrons. The van der Waals surface area contributed by atoms with Gasteiger partial charge in [0.15, 0.2) is 5.78 Å². The van der Waals surface area contributed by atoms with E-state index >= 15 is 0 Å². The van der Waals surface area contributed by atoms with Gasteiger partial charge in [0, 0.05) is 41.6 Å². The first-order chi connectivity index (χ1) is 9.85. The van der Waals surface area contributed by atoms with Gasteiger partial charge in [-0.2, -0.15) is 11.8 Å². The molecule has 1 aliphatic rings. The Morgan fingerprint density at radius 1 is 1.24 bits per heavy atom. The minimum atomic E-state index is -0.703. The van der Waals surface area contributed by atoms with E-state index in [2.05, 4.69) is 18.7 Å². The molecule has 1 fully saturated rings. The summed E-state index contributed by atoms with van der Waals surface area (Å²) in [5.74, 6) is -0.558. The molecular formula is C16H21F2NOS. The van der Waals surface area contributed by atoms with Crippen LogP contribution in [-0.2, 0) is 0 Å². The maximum Gasteiger partial charge on any atom is 0.164 e. The summed E-state index contributed by atoms with van der Waals surface area (Å²) in [6, 6.07) is 2.99. The van der Waals surface area contributed by atoms with Crippen molar-refractivity contribution in [2.75, 3.05) is 25.4 Å². The average molecular weight is 313 g/mol. The highest BCUT2D eigenvalue weighted by molar-refractivity contribution is 8.00. The highest BCUT2D eigenvalue weighted by Crippen LogP contribution is 2.30. The van der Waals surface area contributed by atoms with Gasteiger partial charge >= 0.3 is 0 Å². The molecule has 1 heterocycles. The van der Waals surface area contributed by atoms with Gasteiger partial charge in [0.2, 0.25) is 0 Å². The third-order valence-corrected chi connectivity index (χ3v) is 5.14. The van der Waals surface area contributed by atoms with E-state index in [1.165, 1.54) is 0 Å². The van der Waals surface area contributed by atoms with Crippen LogP contribution in [0.3, 0.4) is 0 Å². The van der Waals surface area contributed by atoms with Crippen LogP contribution in [0.15, 0.2) is 18.2 Å². The number of Topliss-reactive ketones (excluding diaryl/α,β-unsaturated/α-hetero) is 1. The molecule has 2 rings (SSSR count). The van der Waals surface area contributed by atoms with Gasteiger partial charge < -0.3 is 4.90 Å². The average Bonchev–Trinajstić information content (AvgIpc) is 2.56. The van der Waals surface area contributed by atoms with E-state index in [4.69, 9.17) is 0 Å². The van der Waals surface area contributed by atoms with E-state index in [9.17, 15) is 13.6 Å².